The number of nitrogens with two attached hydrogens (primary N) is 2. The number of benzene rings is 1. The van der Waals surface area contributed by atoms with Crippen molar-refractivity contribution in [2.75, 3.05) is 6.54 Å². The molecule has 5 N–H and O–H groups in total. The van der Waals surface area contributed by atoms with E-state index < -0.39 is 12.1 Å². The van der Waals surface area contributed by atoms with Crippen molar-refractivity contribution in [1.82, 2.24) is 5.32 Å². The Morgan fingerprint density at radius 1 is 1.19 bits per heavy atom. The van der Waals surface area contributed by atoms with E-state index in [0.29, 0.717) is 19.4 Å². The molecule has 0 saturated carbocycles. The lowest BCUT2D eigenvalue weighted by Gasteiger charge is -2.19. The molecule has 0 aliphatic carbocycles. The smallest absolute Gasteiger partial charge is 0.237 e. The second-order valence-corrected chi connectivity index (χ2v) is 5.25. The minimum Gasteiger partial charge on any atom is -0.345 e. The second kappa shape index (κ2) is 9.26. The number of amides is 1. The molecule has 1 amide bonds. The highest BCUT2D eigenvalue weighted by Crippen LogP contribution is 2.05. The topological polar surface area (TPSA) is 98.2 Å². The van der Waals surface area contributed by atoms with Crippen LogP contribution < -0.4 is 16.8 Å². The van der Waals surface area contributed by atoms with Gasteiger partial charge in [-0.3, -0.25) is 9.59 Å². The molecule has 2 atom stereocenters. The van der Waals surface area contributed by atoms with Gasteiger partial charge in [0.15, 0.2) is 5.78 Å². The van der Waals surface area contributed by atoms with Crippen LogP contribution in [0.1, 0.15) is 31.7 Å². The largest absolute Gasteiger partial charge is 0.345 e. The Morgan fingerprint density at radius 2 is 1.86 bits per heavy atom. The second-order valence-electron chi connectivity index (χ2n) is 5.25. The Hall–Kier alpha value is -1.72. The molecule has 21 heavy (non-hydrogen) atoms. The first-order valence-corrected chi connectivity index (χ1v) is 7.35. The van der Waals surface area contributed by atoms with Gasteiger partial charge in [0, 0.05) is 0 Å². The van der Waals surface area contributed by atoms with Gasteiger partial charge in [0.25, 0.3) is 0 Å². The molecule has 0 saturated heterocycles. The Balaban J connectivity index is 2.50. The number of ketones is 1. The maximum absolute atomic E-state index is 12.1. The molecule has 0 heterocycles. The summed E-state index contributed by atoms with van der Waals surface area (Å²) in [4.78, 5) is 23.6. The first kappa shape index (κ1) is 17.3. The summed E-state index contributed by atoms with van der Waals surface area (Å²) in [7, 11) is 0. The number of carbonyl (C=O) groups is 2. The van der Waals surface area contributed by atoms with Gasteiger partial charge >= 0.3 is 0 Å². The zero-order valence-corrected chi connectivity index (χ0v) is 12.5. The molecule has 1 aromatic rings. The van der Waals surface area contributed by atoms with Gasteiger partial charge < -0.3 is 16.8 Å². The number of hydrogen-bond acceptors (Lipinski definition) is 4. The van der Waals surface area contributed by atoms with Crippen LogP contribution in [0, 0.1) is 0 Å². The van der Waals surface area contributed by atoms with E-state index in [9.17, 15) is 9.59 Å². The highest BCUT2D eigenvalue weighted by Gasteiger charge is 2.20. The summed E-state index contributed by atoms with van der Waals surface area (Å²) >= 11 is 0. The van der Waals surface area contributed by atoms with Crippen molar-refractivity contribution >= 4 is 11.7 Å². The molecular formula is C16H25N3O2. The van der Waals surface area contributed by atoms with Gasteiger partial charge in [0.1, 0.15) is 0 Å². The van der Waals surface area contributed by atoms with Crippen LogP contribution in [0.15, 0.2) is 30.3 Å². The van der Waals surface area contributed by atoms with Crippen molar-refractivity contribution in [2.24, 2.45) is 11.5 Å². The molecule has 5 nitrogen and oxygen atoms in total. The number of nitrogens with one attached hydrogen (secondary N) is 1. The average Bonchev–Trinajstić information content (AvgIpc) is 2.47. The van der Waals surface area contributed by atoms with E-state index in [1.165, 1.54) is 6.92 Å². The Labute approximate surface area is 126 Å². The predicted octanol–water partition coefficient (Wildman–Crippen LogP) is 0.759. The summed E-state index contributed by atoms with van der Waals surface area (Å²) in [6, 6.07) is 8.47. The van der Waals surface area contributed by atoms with Crippen LogP contribution in [0.3, 0.4) is 0 Å². The van der Waals surface area contributed by atoms with Gasteiger partial charge in [-0.25, -0.2) is 0 Å². The third-order valence-corrected chi connectivity index (χ3v) is 3.39. The van der Waals surface area contributed by atoms with Gasteiger partial charge in [-0.2, -0.15) is 0 Å². The fourth-order valence-electron chi connectivity index (χ4n) is 2.11. The Bertz CT molecular complexity index is 448. The van der Waals surface area contributed by atoms with Crippen molar-refractivity contribution in [3.05, 3.63) is 35.9 Å². The SMILES string of the molecule is CC(=O)C(CCCCN)NC(=O)C(N)Cc1ccccc1. The molecule has 0 aliphatic heterocycles. The van der Waals surface area contributed by atoms with E-state index in [1.807, 2.05) is 30.3 Å². The lowest BCUT2D eigenvalue weighted by Crippen LogP contribution is -2.48. The van der Waals surface area contributed by atoms with Crippen molar-refractivity contribution in [3.63, 3.8) is 0 Å². The highest BCUT2D eigenvalue weighted by atomic mass is 16.2. The third-order valence-electron chi connectivity index (χ3n) is 3.39. The quantitative estimate of drug-likeness (QED) is 0.585. The fraction of sp³-hybridized carbons (Fsp3) is 0.500. The van der Waals surface area contributed by atoms with Crippen LogP contribution in [0.25, 0.3) is 0 Å². The predicted molar refractivity (Wildman–Crippen MR) is 83.6 cm³/mol. The third kappa shape index (κ3) is 6.51. The van der Waals surface area contributed by atoms with Crippen LogP contribution in [0.5, 0.6) is 0 Å². The monoisotopic (exact) mass is 291 g/mol. The van der Waals surface area contributed by atoms with Crippen LogP contribution in [-0.4, -0.2) is 30.3 Å². The molecule has 0 bridgehead atoms. The lowest BCUT2D eigenvalue weighted by atomic mass is 10.0. The zero-order chi connectivity index (χ0) is 15.7. The molecule has 1 rings (SSSR count). The van der Waals surface area contributed by atoms with Crippen molar-refractivity contribution in [3.8, 4) is 0 Å². The molecule has 2 unspecified atom stereocenters. The van der Waals surface area contributed by atoms with E-state index in [0.717, 1.165) is 18.4 Å². The van der Waals surface area contributed by atoms with Gasteiger partial charge in [-0.1, -0.05) is 30.3 Å². The fourth-order valence-corrected chi connectivity index (χ4v) is 2.11. The summed E-state index contributed by atoms with van der Waals surface area (Å²) in [5, 5.41) is 2.74. The Morgan fingerprint density at radius 3 is 2.43 bits per heavy atom. The summed E-state index contributed by atoms with van der Waals surface area (Å²) in [5.41, 5.74) is 12.3. The van der Waals surface area contributed by atoms with Crippen LogP contribution >= 0.6 is 0 Å². The maximum Gasteiger partial charge on any atom is 0.237 e. The normalized spacial score (nSPS) is 13.5. The number of carbonyl (C=O) groups excluding carboxylic acids is 2. The van der Waals surface area contributed by atoms with Crippen LogP contribution in [0.4, 0.5) is 0 Å². The minimum absolute atomic E-state index is 0.0488. The lowest BCUT2D eigenvalue weighted by molar-refractivity contribution is -0.127. The molecule has 5 heteroatoms. The molecule has 0 fully saturated rings. The van der Waals surface area contributed by atoms with Gasteiger partial charge in [-0.15, -0.1) is 0 Å². The van der Waals surface area contributed by atoms with Gasteiger partial charge in [-0.05, 0) is 44.7 Å². The van der Waals surface area contributed by atoms with Crippen LogP contribution in [-0.2, 0) is 16.0 Å². The molecule has 0 aliphatic rings. The number of Topliss-reactive ketones (excluding diaryl/α,β-unsaturated/α-hetero) is 1. The van der Waals surface area contributed by atoms with Crippen molar-refractivity contribution in [1.29, 1.82) is 0 Å². The van der Waals surface area contributed by atoms with Crippen LogP contribution in [0.2, 0.25) is 0 Å². The van der Waals surface area contributed by atoms with E-state index >= 15 is 0 Å². The van der Waals surface area contributed by atoms with Gasteiger partial charge in [0.2, 0.25) is 5.91 Å². The standard InChI is InChI=1S/C16H25N3O2/c1-12(20)15(9-5-6-10-17)19-16(21)14(18)11-13-7-3-2-4-8-13/h2-4,7-8,14-15H,5-6,9-11,17-18H2,1H3,(H,19,21). The van der Waals surface area contributed by atoms with E-state index in [4.69, 9.17) is 11.5 Å². The van der Waals surface area contributed by atoms with E-state index in [2.05, 4.69) is 5.32 Å². The summed E-state index contributed by atoms with van der Waals surface area (Å²) < 4.78 is 0. The van der Waals surface area contributed by atoms with E-state index in [-0.39, 0.29) is 11.7 Å². The summed E-state index contributed by atoms with van der Waals surface area (Å²) in [6.45, 7) is 2.07. The first-order chi connectivity index (χ1) is 10.0. The molecule has 1 aromatic carbocycles. The molecule has 116 valence electrons. The Kier molecular flexibility index (Phi) is 7.64. The molecular weight excluding hydrogens is 266 g/mol. The number of rotatable bonds is 9. The molecule has 0 spiro atoms. The van der Waals surface area contributed by atoms with E-state index in [1.54, 1.807) is 0 Å². The number of unbranched alkanes of at least 4 members (excludes halogenated alkanes) is 1. The zero-order valence-electron chi connectivity index (χ0n) is 12.5. The van der Waals surface area contributed by atoms with Crippen molar-refractivity contribution < 1.29 is 9.59 Å². The minimum atomic E-state index is -0.649. The van der Waals surface area contributed by atoms with Gasteiger partial charge in [0.05, 0.1) is 12.1 Å². The van der Waals surface area contributed by atoms with Crippen molar-refractivity contribution in [2.45, 2.75) is 44.7 Å². The molecule has 0 radical (unpaired) electrons. The first-order valence-electron chi connectivity index (χ1n) is 7.35. The number of hydrogen-bond donors (Lipinski definition) is 3. The average molecular weight is 291 g/mol. The highest BCUT2D eigenvalue weighted by molar-refractivity contribution is 5.89. The molecule has 0 aromatic heterocycles. The summed E-state index contributed by atoms with van der Waals surface area (Å²) in [6.07, 6.45) is 2.72. The maximum atomic E-state index is 12.1. The summed E-state index contributed by atoms with van der Waals surface area (Å²) in [5.74, 6) is -0.334.